The van der Waals surface area contributed by atoms with Crippen LogP contribution in [-0.2, 0) is 25.7 Å². The van der Waals surface area contributed by atoms with Crippen LogP contribution in [0.25, 0.3) is 0 Å². The van der Waals surface area contributed by atoms with E-state index < -0.39 is 47.0 Å². The Hall–Kier alpha value is -2.05. The Bertz CT molecular complexity index is 1080. The second-order valence-corrected chi connectivity index (χ2v) is 10.8. The zero-order valence-electron chi connectivity index (χ0n) is 18.8. The normalized spacial score (nSPS) is 29.8. The van der Waals surface area contributed by atoms with E-state index in [2.05, 4.69) is 0 Å². The van der Waals surface area contributed by atoms with Crippen molar-refractivity contribution >= 4 is 9.84 Å². The van der Waals surface area contributed by atoms with Crippen molar-refractivity contribution in [3.63, 3.8) is 0 Å². The minimum atomic E-state index is -3.54. The summed E-state index contributed by atoms with van der Waals surface area (Å²) in [5, 5.41) is 40.1. The summed E-state index contributed by atoms with van der Waals surface area (Å²) in [5.74, 6) is 0.706. The molecule has 2 heterocycles. The van der Waals surface area contributed by atoms with Gasteiger partial charge in [-0.25, -0.2) is 8.42 Å². The molecule has 186 valence electrons. The first-order valence-electron chi connectivity index (χ1n) is 11.1. The zero-order chi connectivity index (χ0) is 24.5. The van der Waals surface area contributed by atoms with Gasteiger partial charge in [-0.2, -0.15) is 0 Å². The Morgan fingerprint density at radius 3 is 2.38 bits per heavy atom. The lowest BCUT2D eigenvalue weighted by Crippen LogP contribution is -2.55. The summed E-state index contributed by atoms with van der Waals surface area (Å²) < 4.78 is 41.7. The SMILES string of the molecule is CS(=O)(=O)c1ccc([C@@H]2O[C@H](CO)[C@@H](O)[C@H](O)[C@H]2O)cc1Cc1ccc(OC2CCOC2)cc1. The number of hydrogen-bond acceptors (Lipinski definition) is 9. The summed E-state index contributed by atoms with van der Waals surface area (Å²) in [6.07, 6.45) is -4.27. The van der Waals surface area contributed by atoms with E-state index in [1.807, 2.05) is 24.3 Å². The highest BCUT2D eigenvalue weighted by Crippen LogP contribution is 2.34. The Kier molecular flexibility index (Phi) is 7.58. The fourth-order valence-electron chi connectivity index (χ4n) is 4.36. The molecule has 34 heavy (non-hydrogen) atoms. The van der Waals surface area contributed by atoms with E-state index >= 15 is 0 Å². The van der Waals surface area contributed by atoms with Crippen LogP contribution in [0.15, 0.2) is 47.4 Å². The first-order valence-corrected chi connectivity index (χ1v) is 13.0. The average molecular weight is 495 g/mol. The molecule has 1 unspecified atom stereocenters. The van der Waals surface area contributed by atoms with E-state index in [0.29, 0.717) is 36.5 Å². The molecule has 10 heteroatoms. The molecule has 9 nitrogen and oxygen atoms in total. The van der Waals surface area contributed by atoms with E-state index in [-0.39, 0.29) is 11.0 Å². The minimum absolute atomic E-state index is 0.0258. The first kappa shape index (κ1) is 25.1. The molecule has 0 bridgehead atoms. The third-order valence-corrected chi connectivity index (χ3v) is 7.41. The van der Waals surface area contributed by atoms with Crippen LogP contribution >= 0.6 is 0 Å². The van der Waals surface area contributed by atoms with Gasteiger partial charge in [0.15, 0.2) is 9.84 Å². The molecule has 0 radical (unpaired) electrons. The summed E-state index contributed by atoms with van der Waals surface area (Å²) in [6, 6.07) is 11.9. The third kappa shape index (κ3) is 5.44. The van der Waals surface area contributed by atoms with E-state index in [4.69, 9.17) is 14.2 Å². The molecule has 2 aliphatic heterocycles. The third-order valence-electron chi connectivity index (χ3n) is 6.21. The molecule has 2 saturated heterocycles. The molecule has 4 rings (SSSR count). The zero-order valence-corrected chi connectivity index (χ0v) is 19.6. The van der Waals surface area contributed by atoms with Gasteiger partial charge in [0.25, 0.3) is 0 Å². The molecule has 2 aromatic rings. The predicted molar refractivity (Wildman–Crippen MR) is 121 cm³/mol. The van der Waals surface area contributed by atoms with E-state index in [1.54, 1.807) is 6.07 Å². The lowest BCUT2D eigenvalue weighted by atomic mass is 9.90. The topological polar surface area (TPSA) is 143 Å². The van der Waals surface area contributed by atoms with Crippen molar-refractivity contribution in [3.8, 4) is 5.75 Å². The van der Waals surface area contributed by atoms with Gasteiger partial charge in [0.2, 0.25) is 0 Å². The van der Waals surface area contributed by atoms with Crippen LogP contribution in [-0.4, -0.2) is 85.4 Å². The molecule has 4 N–H and O–H groups in total. The Morgan fingerprint density at radius 2 is 1.76 bits per heavy atom. The molecule has 0 amide bonds. The standard InChI is InChI=1S/C24H30O9S/c1-34(29,30)20-7-4-15(24-23(28)22(27)21(26)19(12-25)33-24)11-16(20)10-14-2-5-17(6-3-14)32-18-8-9-31-13-18/h2-7,11,18-19,21-28H,8-10,12-13H2,1H3/t18?,19-,21-,22+,23-,24+/m1/s1. The molecule has 0 spiro atoms. The number of sulfone groups is 1. The van der Waals surface area contributed by atoms with Crippen LogP contribution in [0.4, 0.5) is 0 Å². The van der Waals surface area contributed by atoms with Gasteiger partial charge in [-0.3, -0.25) is 0 Å². The second kappa shape index (κ2) is 10.3. The fourth-order valence-corrected chi connectivity index (χ4v) is 5.28. The second-order valence-electron chi connectivity index (χ2n) is 8.81. The fraction of sp³-hybridized carbons (Fsp3) is 0.500. The highest BCUT2D eigenvalue weighted by Gasteiger charge is 2.44. The number of hydrogen-bond donors (Lipinski definition) is 4. The number of benzene rings is 2. The number of aliphatic hydroxyl groups excluding tert-OH is 4. The summed E-state index contributed by atoms with van der Waals surface area (Å²) in [6.45, 7) is 0.698. The van der Waals surface area contributed by atoms with Crippen molar-refractivity contribution in [1.82, 2.24) is 0 Å². The summed E-state index contributed by atoms with van der Waals surface area (Å²) in [5.41, 5.74) is 1.78. The van der Waals surface area contributed by atoms with Gasteiger partial charge in [0.1, 0.15) is 42.4 Å². The van der Waals surface area contributed by atoms with Gasteiger partial charge in [-0.1, -0.05) is 24.3 Å². The van der Waals surface area contributed by atoms with Crippen molar-refractivity contribution in [2.24, 2.45) is 0 Å². The summed E-state index contributed by atoms with van der Waals surface area (Å²) in [4.78, 5) is 0.143. The van der Waals surface area contributed by atoms with Crippen molar-refractivity contribution in [1.29, 1.82) is 0 Å². The molecule has 2 aliphatic rings. The number of ether oxygens (including phenoxy) is 3. The maximum absolute atomic E-state index is 12.4. The van der Waals surface area contributed by atoms with Crippen LogP contribution in [0.5, 0.6) is 5.75 Å². The van der Waals surface area contributed by atoms with Gasteiger partial charge in [-0.15, -0.1) is 0 Å². The predicted octanol–water partition coefficient (Wildman–Crippen LogP) is 0.363. The van der Waals surface area contributed by atoms with Crippen LogP contribution in [0.2, 0.25) is 0 Å². The van der Waals surface area contributed by atoms with Crippen LogP contribution in [0.1, 0.15) is 29.2 Å². The maximum Gasteiger partial charge on any atom is 0.175 e. The summed E-state index contributed by atoms with van der Waals surface area (Å²) in [7, 11) is -3.54. The van der Waals surface area contributed by atoms with Crippen LogP contribution < -0.4 is 4.74 Å². The highest BCUT2D eigenvalue weighted by atomic mass is 32.2. The Labute approximate surface area is 198 Å². The number of aliphatic hydroxyl groups is 4. The van der Waals surface area contributed by atoms with Crippen molar-refractivity contribution < 1.29 is 43.1 Å². The lowest BCUT2D eigenvalue weighted by molar-refractivity contribution is -0.231. The Morgan fingerprint density at radius 1 is 1.03 bits per heavy atom. The molecule has 2 fully saturated rings. The van der Waals surface area contributed by atoms with E-state index in [9.17, 15) is 28.8 Å². The number of rotatable bonds is 7. The van der Waals surface area contributed by atoms with Crippen molar-refractivity contribution in [3.05, 3.63) is 59.2 Å². The van der Waals surface area contributed by atoms with Gasteiger partial charge in [0.05, 0.1) is 24.7 Å². The molecule has 0 aliphatic carbocycles. The van der Waals surface area contributed by atoms with Gasteiger partial charge in [-0.05, 0) is 41.3 Å². The average Bonchev–Trinajstić information content (AvgIpc) is 3.31. The van der Waals surface area contributed by atoms with Gasteiger partial charge >= 0.3 is 0 Å². The largest absolute Gasteiger partial charge is 0.488 e. The molecular weight excluding hydrogens is 464 g/mol. The van der Waals surface area contributed by atoms with Crippen molar-refractivity contribution in [2.45, 2.75) is 54.4 Å². The maximum atomic E-state index is 12.4. The Balaban J connectivity index is 1.60. The molecule has 0 aromatic heterocycles. The van der Waals surface area contributed by atoms with Gasteiger partial charge in [0, 0.05) is 12.7 Å². The van der Waals surface area contributed by atoms with E-state index in [1.165, 1.54) is 12.1 Å². The summed E-state index contributed by atoms with van der Waals surface area (Å²) >= 11 is 0. The molecule has 2 aromatic carbocycles. The van der Waals surface area contributed by atoms with Crippen LogP contribution in [0, 0.1) is 0 Å². The smallest absolute Gasteiger partial charge is 0.175 e. The first-order chi connectivity index (χ1) is 16.2. The highest BCUT2D eigenvalue weighted by molar-refractivity contribution is 7.90. The minimum Gasteiger partial charge on any atom is -0.488 e. The van der Waals surface area contributed by atoms with Crippen molar-refractivity contribution in [2.75, 3.05) is 26.1 Å². The molecular formula is C24H30O9S. The lowest BCUT2D eigenvalue weighted by Gasteiger charge is -2.40. The van der Waals surface area contributed by atoms with Crippen LogP contribution in [0.3, 0.4) is 0 Å². The molecule has 0 saturated carbocycles. The quantitative estimate of drug-likeness (QED) is 0.429. The van der Waals surface area contributed by atoms with E-state index in [0.717, 1.165) is 18.2 Å². The monoisotopic (exact) mass is 494 g/mol. The van der Waals surface area contributed by atoms with Gasteiger partial charge < -0.3 is 34.6 Å². The molecule has 6 atom stereocenters.